The van der Waals surface area contributed by atoms with Crippen LogP contribution in [0.15, 0.2) is 24.5 Å². The molecule has 0 spiro atoms. The van der Waals surface area contributed by atoms with E-state index in [4.69, 9.17) is 4.74 Å². The van der Waals surface area contributed by atoms with E-state index < -0.39 is 18.3 Å². The maximum absolute atomic E-state index is 13.4. The first-order chi connectivity index (χ1) is 9.65. The van der Waals surface area contributed by atoms with Crippen molar-refractivity contribution in [3.8, 4) is 0 Å². The third-order valence-corrected chi connectivity index (χ3v) is 3.25. The van der Waals surface area contributed by atoms with Crippen molar-refractivity contribution in [3.63, 3.8) is 0 Å². The summed E-state index contributed by atoms with van der Waals surface area (Å²) in [5.41, 5.74) is 0.580. The molecule has 3 rings (SSSR count). The molecule has 7 heteroatoms. The molecule has 0 aliphatic carbocycles. The summed E-state index contributed by atoms with van der Waals surface area (Å²) >= 11 is 0. The van der Waals surface area contributed by atoms with Crippen molar-refractivity contribution in [1.82, 2.24) is 9.97 Å². The number of alkyl halides is 2. The zero-order valence-electron chi connectivity index (χ0n) is 10.5. The fourth-order valence-corrected chi connectivity index (χ4v) is 2.29. The fourth-order valence-electron chi connectivity index (χ4n) is 2.29. The summed E-state index contributed by atoms with van der Waals surface area (Å²) in [6.45, 7) is 0.655. The Labute approximate surface area is 113 Å². The minimum atomic E-state index is -2.55. The number of hydrogen-bond acceptors (Lipinski definition) is 4. The van der Waals surface area contributed by atoms with Crippen LogP contribution in [0.2, 0.25) is 0 Å². The monoisotopic (exact) mass is 283 g/mol. The van der Waals surface area contributed by atoms with Crippen LogP contribution in [0, 0.1) is 5.82 Å². The van der Waals surface area contributed by atoms with E-state index in [1.165, 1.54) is 18.5 Å². The average molecular weight is 283 g/mol. The van der Waals surface area contributed by atoms with Gasteiger partial charge in [0.05, 0.1) is 18.7 Å². The number of fused-ring (bicyclic) bond motifs is 1. The van der Waals surface area contributed by atoms with Crippen molar-refractivity contribution in [3.05, 3.63) is 30.3 Å². The van der Waals surface area contributed by atoms with E-state index in [-0.39, 0.29) is 13.2 Å². The summed E-state index contributed by atoms with van der Waals surface area (Å²) in [6.07, 6.45) is -2.35. The number of benzene rings is 1. The van der Waals surface area contributed by atoms with Crippen molar-refractivity contribution in [2.24, 2.45) is 0 Å². The van der Waals surface area contributed by atoms with E-state index in [0.29, 0.717) is 23.3 Å². The van der Waals surface area contributed by atoms with Crippen LogP contribution < -0.4 is 4.90 Å². The Morgan fingerprint density at radius 3 is 2.95 bits per heavy atom. The lowest BCUT2D eigenvalue weighted by Gasteiger charge is -2.33. The second-order valence-electron chi connectivity index (χ2n) is 4.55. The van der Waals surface area contributed by atoms with Gasteiger partial charge in [0.25, 0.3) is 6.43 Å². The highest BCUT2D eigenvalue weighted by atomic mass is 19.3. The molecule has 0 N–H and O–H groups in total. The van der Waals surface area contributed by atoms with E-state index >= 15 is 0 Å². The third-order valence-electron chi connectivity index (χ3n) is 3.25. The Kier molecular flexibility index (Phi) is 3.43. The highest BCUT2D eigenvalue weighted by Crippen LogP contribution is 2.26. The molecule has 1 atom stereocenters. The van der Waals surface area contributed by atoms with Gasteiger partial charge in [0, 0.05) is 11.9 Å². The molecule has 1 aliphatic rings. The molecule has 0 amide bonds. The summed E-state index contributed by atoms with van der Waals surface area (Å²) in [4.78, 5) is 9.85. The highest BCUT2D eigenvalue weighted by molar-refractivity contribution is 5.89. The van der Waals surface area contributed by atoms with Crippen LogP contribution in [-0.2, 0) is 4.74 Å². The number of halogens is 3. The molecule has 0 saturated carbocycles. The summed E-state index contributed by atoms with van der Waals surface area (Å²) in [7, 11) is 0. The number of morpholine rings is 1. The van der Waals surface area contributed by atoms with Gasteiger partial charge in [0.1, 0.15) is 24.1 Å². The van der Waals surface area contributed by atoms with Gasteiger partial charge in [-0.15, -0.1) is 0 Å². The zero-order valence-corrected chi connectivity index (χ0v) is 10.5. The first-order valence-electron chi connectivity index (χ1n) is 6.20. The van der Waals surface area contributed by atoms with Crippen LogP contribution in [0.25, 0.3) is 10.9 Å². The highest BCUT2D eigenvalue weighted by Gasteiger charge is 2.29. The van der Waals surface area contributed by atoms with Gasteiger partial charge in [-0.25, -0.2) is 23.1 Å². The fraction of sp³-hybridized carbons (Fsp3) is 0.385. The molecule has 0 bridgehead atoms. The molecule has 2 heterocycles. The van der Waals surface area contributed by atoms with Gasteiger partial charge in [-0.1, -0.05) is 0 Å². The Morgan fingerprint density at radius 1 is 1.30 bits per heavy atom. The van der Waals surface area contributed by atoms with Gasteiger partial charge in [0.15, 0.2) is 0 Å². The average Bonchev–Trinajstić information content (AvgIpc) is 2.46. The van der Waals surface area contributed by atoms with Crippen molar-refractivity contribution in [2.75, 3.05) is 24.6 Å². The Hall–Kier alpha value is -1.89. The van der Waals surface area contributed by atoms with Gasteiger partial charge in [-0.2, -0.15) is 0 Å². The van der Waals surface area contributed by atoms with Crippen molar-refractivity contribution >= 4 is 16.7 Å². The lowest BCUT2D eigenvalue weighted by Crippen LogP contribution is -2.46. The van der Waals surface area contributed by atoms with Crippen LogP contribution in [0.3, 0.4) is 0 Å². The molecule has 106 valence electrons. The zero-order chi connectivity index (χ0) is 14.1. The number of nitrogens with zero attached hydrogens (tertiary/aromatic N) is 3. The van der Waals surface area contributed by atoms with Crippen LogP contribution >= 0.6 is 0 Å². The molecular weight excluding hydrogens is 271 g/mol. The Morgan fingerprint density at radius 2 is 2.15 bits per heavy atom. The lowest BCUT2D eigenvalue weighted by atomic mass is 10.2. The lowest BCUT2D eigenvalue weighted by molar-refractivity contribution is -0.0615. The largest absolute Gasteiger partial charge is 0.369 e. The van der Waals surface area contributed by atoms with Gasteiger partial charge in [-0.3, -0.25) is 0 Å². The molecule has 1 unspecified atom stereocenters. The summed E-state index contributed by atoms with van der Waals surface area (Å²) in [6, 6.07) is 4.17. The van der Waals surface area contributed by atoms with Crippen molar-refractivity contribution in [2.45, 2.75) is 12.5 Å². The van der Waals surface area contributed by atoms with Crippen LogP contribution in [0.4, 0.5) is 19.0 Å². The number of aromatic nitrogens is 2. The minimum absolute atomic E-state index is 0.0281. The number of rotatable bonds is 2. The first-order valence-corrected chi connectivity index (χ1v) is 6.20. The second-order valence-corrected chi connectivity index (χ2v) is 4.55. The van der Waals surface area contributed by atoms with Gasteiger partial charge in [0.2, 0.25) is 0 Å². The van der Waals surface area contributed by atoms with E-state index in [9.17, 15) is 13.2 Å². The second kappa shape index (κ2) is 5.24. The standard InChI is InChI=1S/C13H12F3N3O/c14-8-1-2-10-9(5-8)13(18-7-17-10)19-3-4-20-11(6-19)12(15)16/h1-2,5,7,11-12H,3-4,6H2. The van der Waals surface area contributed by atoms with Crippen LogP contribution in [0.1, 0.15) is 0 Å². The maximum Gasteiger partial charge on any atom is 0.266 e. The molecular formula is C13H12F3N3O. The van der Waals surface area contributed by atoms with E-state index in [0.717, 1.165) is 0 Å². The molecule has 1 aromatic heterocycles. The molecule has 20 heavy (non-hydrogen) atoms. The Balaban J connectivity index is 1.99. The normalized spacial score (nSPS) is 19.8. The summed E-state index contributed by atoms with van der Waals surface area (Å²) < 4.78 is 43.9. The molecule has 1 fully saturated rings. The van der Waals surface area contributed by atoms with Crippen molar-refractivity contribution in [1.29, 1.82) is 0 Å². The van der Waals surface area contributed by atoms with Crippen molar-refractivity contribution < 1.29 is 17.9 Å². The number of anilines is 1. The third kappa shape index (κ3) is 2.40. The predicted molar refractivity (Wildman–Crippen MR) is 67.5 cm³/mol. The smallest absolute Gasteiger partial charge is 0.266 e. The minimum Gasteiger partial charge on any atom is -0.369 e. The first kappa shape index (κ1) is 13.1. The topological polar surface area (TPSA) is 38.2 Å². The molecule has 1 aromatic carbocycles. The number of hydrogen-bond donors (Lipinski definition) is 0. The molecule has 4 nitrogen and oxygen atoms in total. The number of ether oxygens (including phenoxy) is 1. The SMILES string of the molecule is Fc1ccc2ncnc(N3CCOC(C(F)F)C3)c2c1. The molecule has 0 radical (unpaired) electrons. The quantitative estimate of drug-likeness (QED) is 0.847. The predicted octanol–water partition coefficient (Wildman–Crippen LogP) is 2.24. The van der Waals surface area contributed by atoms with Gasteiger partial charge >= 0.3 is 0 Å². The molecule has 2 aromatic rings. The Bertz CT molecular complexity index is 623. The van der Waals surface area contributed by atoms with E-state index in [1.54, 1.807) is 11.0 Å². The summed E-state index contributed by atoms with van der Waals surface area (Å²) in [5, 5.41) is 0.516. The van der Waals surface area contributed by atoms with Gasteiger partial charge < -0.3 is 9.64 Å². The van der Waals surface area contributed by atoms with E-state index in [2.05, 4.69) is 9.97 Å². The summed E-state index contributed by atoms with van der Waals surface area (Å²) in [5.74, 6) is 0.0515. The molecule has 1 saturated heterocycles. The van der Waals surface area contributed by atoms with E-state index in [1.807, 2.05) is 0 Å². The van der Waals surface area contributed by atoms with Crippen LogP contribution in [0.5, 0.6) is 0 Å². The van der Waals surface area contributed by atoms with Gasteiger partial charge in [-0.05, 0) is 18.2 Å². The molecule has 1 aliphatic heterocycles. The maximum atomic E-state index is 13.4. The van der Waals surface area contributed by atoms with Crippen LogP contribution in [-0.4, -0.2) is 42.2 Å².